The van der Waals surface area contributed by atoms with E-state index in [-0.39, 0.29) is 17.3 Å². The Bertz CT molecular complexity index is 604. The van der Waals surface area contributed by atoms with Gasteiger partial charge in [0.2, 0.25) is 5.91 Å². The van der Waals surface area contributed by atoms with E-state index in [0.29, 0.717) is 12.1 Å². The fourth-order valence-corrected chi connectivity index (χ4v) is 3.82. The molecule has 0 spiro atoms. The third-order valence-electron chi connectivity index (χ3n) is 6.02. The van der Waals surface area contributed by atoms with E-state index < -0.39 is 5.41 Å². The van der Waals surface area contributed by atoms with Gasteiger partial charge in [-0.1, -0.05) is 18.2 Å². The van der Waals surface area contributed by atoms with Gasteiger partial charge in [-0.25, -0.2) is 4.39 Å². The maximum Gasteiger partial charge on any atom is 0.230 e. The molecule has 1 aromatic carbocycles. The van der Waals surface area contributed by atoms with Crippen molar-refractivity contribution in [1.82, 2.24) is 15.1 Å². The Kier molecular flexibility index (Phi) is 4.67. The summed E-state index contributed by atoms with van der Waals surface area (Å²) in [5.41, 5.74) is -0.109. The molecule has 4 nitrogen and oxygen atoms in total. The van der Waals surface area contributed by atoms with Crippen molar-refractivity contribution in [2.75, 3.05) is 40.8 Å². The van der Waals surface area contributed by atoms with Crippen LogP contribution in [0.2, 0.25) is 0 Å². The summed E-state index contributed by atoms with van der Waals surface area (Å²) in [6.45, 7) is 2.70. The minimum atomic E-state index is -0.649. The molecule has 1 aromatic rings. The highest BCUT2D eigenvalue weighted by atomic mass is 19.1. The molecule has 0 unspecified atom stereocenters. The van der Waals surface area contributed by atoms with Crippen LogP contribution in [0.25, 0.3) is 0 Å². The Morgan fingerprint density at radius 1 is 1.21 bits per heavy atom. The van der Waals surface area contributed by atoms with Crippen molar-refractivity contribution in [1.29, 1.82) is 0 Å². The van der Waals surface area contributed by atoms with E-state index in [9.17, 15) is 9.18 Å². The number of nitrogens with one attached hydrogen (secondary N) is 1. The van der Waals surface area contributed by atoms with Crippen LogP contribution in [0.1, 0.15) is 31.2 Å². The summed E-state index contributed by atoms with van der Waals surface area (Å²) in [5, 5.41) is 3.15. The first-order valence-corrected chi connectivity index (χ1v) is 8.79. The number of halogens is 1. The zero-order valence-corrected chi connectivity index (χ0v) is 14.9. The number of likely N-dealkylation sites (tertiary alicyclic amines) is 1. The number of benzene rings is 1. The molecule has 0 aromatic heterocycles. The van der Waals surface area contributed by atoms with E-state index in [1.54, 1.807) is 12.1 Å². The third kappa shape index (κ3) is 3.07. The average molecular weight is 333 g/mol. The van der Waals surface area contributed by atoms with E-state index in [0.717, 1.165) is 38.8 Å². The standard InChI is InChI=1S/C19H28FN3O/c1-22(2)18(10-12-23(3)13-11-18)14-21-17(24)19(8-9-19)15-6-4-5-7-16(15)20/h4-7H,8-14H2,1-3H3,(H,21,24). The SMILES string of the molecule is CN1CCC(CNC(=O)C2(c3ccccc3F)CC2)(N(C)C)CC1. The van der Waals surface area contributed by atoms with Crippen LogP contribution in [0.15, 0.2) is 24.3 Å². The number of piperidine rings is 1. The Hall–Kier alpha value is -1.46. The lowest BCUT2D eigenvalue weighted by atomic mass is 9.85. The van der Waals surface area contributed by atoms with Gasteiger partial charge in [0.1, 0.15) is 5.82 Å². The number of amides is 1. The number of carbonyl (C=O) groups excluding carboxylic acids is 1. The van der Waals surface area contributed by atoms with Crippen LogP contribution < -0.4 is 5.32 Å². The number of rotatable bonds is 5. The van der Waals surface area contributed by atoms with Gasteiger partial charge in [0.25, 0.3) is 0 Å². The molecule has 1 saturated carbocycles. The number of carbonyl (C=O) groups is 1. The fraction of sp³-hybridized carbons (Fsp3) is 0.632. The molecule has 2 aliphatic rings. The molecule has 1 heterocycles. The number of hydrogen-bond donors (Lipinski definition) is 1. The second kappa shape index (κ2) is 6.45. The van der Waals surface area contributed by atoms with Crippen molar-refractivity contribution in [2.24, 2.45) is 0 Å². The molecular formula is C19H28FN3O. The smallest absolute Gasteiger partial charge is 0.230 e. The predicted molar refractivity (Wildman–Crippen MR) is 93.5 cm³/mol. The van der Waals surface area contributed by atoms with Crippen molar-refractivity contribution < 1.29 is 9.18 Å². The molecule has 0 radical (unpaired) electrons. The summed E-state index contributed by atoms with van der Waals surface area (Å²) in [7, 11) is 6.30. The Morgan fingerprint density at radius 2 is 1.83 bits per heavy atom. The lowest BCUT2D eigenvalue weighted by Crippen LogP contribution is -2.58. The molecule has 1 amide bonds. The molecule has 1 aliphatic heterocycles. The zero-order chi connectivity index (χ0) is 17.4. The quantitative estimate of drug-likeness (QED) is 0.895. The molecule has 0 atom stereocenters. The normalized spacial score (nSPS) is 22.4. The second-order valence-electron chi connectivity index (χ2n) is 7.67. The van der Waals surface area contributed by atoms with E-state index >= 15 is 0 Å². The highest BCUT2D eigenvalue weighted by Gasteiger charge is 2.53. The molecule has 0 bridgehead atoms. The lowest BCUT2D eigenvalue weighted by Gasteiger charge is -2.45. The largest absolute Gasteiger partial charge is 0.353 e. The highest BCUT2D eigenvalue weighted by Crippen LogP contribution is 2.49. The van der Waals surface area contributed by atoms with Crippen molar-refractivity contribution >= 4 is 5.91 Å². The molecule has 2 fully saturated rings. The molecule has 1 saturated heterocycles. The topological polar surface area (TPSA) is 35.6 Å². The maximum atomic E-state index is 14.1. The minimum Gasteiger partial charge on any atom is -0.353 e. The van der Waals surface area contributed by atoms with Crippen LogP contribution in [-0.4, -0.2) is 62.0 Å². The van der Waals surface area contributed by atoms with Crippen molar-refractivity contribution in [3.63, 3.8) is 0 Å². The Balaban J connectivity index is 1.70. The summed E-state index contributed by atoms with van der Waals surface area (Å²) in [6.07, 6.45) is 3.53. The van der Waals surface area contributed by atoms with Gasteiger partial charge in [0, 0.05) is 17.6 Å². The summed E-state index contributed by atoms with van der Waals surface area (Å²) >= 11 is 0. The van der Waals surface area contributed by atoms with Crippen LogP contribution in [0.4, 0.5) is 4.39 Å². The number of likely N-dealkylation sites (N-methyl/N-ethyl adjacent to an activating group) is 1. The molecule has 24 heavy (non-hydrogen) atoms. The molecule has 5 heteroatoms. The summed E-state index contributed by atoms with van der Waals surface area (Å²) in [6, 6.07) is 6.68. The Morgan fingerprint density at radius 3 is 2.38 bits per heavy atom. The summed E-state index contributed by atoms with van der Waals surface area (Å²) < 4.78 is 14.1. The first-order chi connectivity index (χ1) is 11.4. The van der Waals surface area contributed by atoms with Crippen molar-refractivity contribution in [2.45, 2.75) is 36.6 Å². The third-order valence-corrected chi connectivity index (χ3v) is 6.02. The molecule has 1 N–H and O–H groups in total. The fourth-order valence-electron chi connectivity index (χ4n) is 3.82. The van der Waals surface area contributed by atoms with Crippen LogP contribution in [-0.2, 0) is 10.2 Å². The molecule has 1 aliphatic carbocycles. The van der Waals surface area contributed by atoms with Gasteiger partial charge in [0.05, 0.1) is 5.41 Å². The van der Waals surface area contributed by atoms with Crippen LogP contribution >= 0.6 is 0 Å². The number of nitrogens with zero attached hydrogens (tertiary/aromatic N) is 2. The maximum absolute atomic E-state index is 14.1. The molecular weight excluding hydrogens is 305 g/mol. The number of hydrogen-bond acceptors (Lipinski definition) is 3. The van der Waals surface area contributed by atoms with Crippen LogP contribution in [0, 0.1) is 5.82 Å². The van der Waals surface area contributed by atoms with E-state index in [4.69, 9.17) is 0 Å². The monoisotopic (exact) mass is 333 g/mol. The first-order valence-electron chi connectivity index (χ1n) is 8.79. The highest BCUT2D eigenvalue weighted by molar-refractivity contribution is 5.91. The van der Waals surface area contributed by atoms with E-state index in [2.05, 4.69) is 36.3 Å². The molecule has 3 rings (SSSR count). The van der Waals surface area contributed by atoms with Gasteiger partial charge in [-0.2, -0.15) is 0 Å². The van der Waals surface area contributed by atoms with Gasteiger partial charge in [-0.3, -0.25) is 4.79 Å². The van der Waals surface area contributed by atoms with E-state index in [1.165, 1.54) is 6.07 Å². The average Bonchev–Trinajstić information content (AvgIpc) is 3.36. The van der Waals surface area contributed by atoms with Crippen LogP contribution in [0.5, 0.6) is 0 Å². The second-order valence-corrected chi connectivity index (χ2v) is 7.67. The van der Waals surface area contributed by atoms with Gasteiger partial charge >= 0.3 is 0 Å². The van der Waals surface area contributed by atoms with Crippen LogP contribution in [0.3, 0.4) is 0 Å². The van der Waals surface area contributed by atoms with Crippen molar-refractivity contribution in [3.8, 4) is 0 Å². The van der Waals surface area contributed by atoms with Crippen molar-refractivity contribution in [3.05, 3.63) is 35.6 Å². The predicted octanol–water partition coefficient (Wildman–Crippen LogP) is 2.00. The van der Waals surface area contributed by atoms with Gasteiger partial charge in [-0.05, 0) is 66.0 Å². The minimum absolute atomic E-state index is 0.00647. The van der Waals surface area contributed by atoms with E-state index in [1.807, 2.05) is 6.07 Å². The summed E-state index contributed by atoms with van der Waals surface area (Å²) in [4.78, 5) is 17.4. The first kappa shape index (κ1) is 17.4. The Labute approximate surface area is 144 Å². The van der Waals surface area contributed by atoms with Gasteiger partial charge in [0.15, 0.2) is 0 Å². The van der Waals surface area contributed by atoms with Gasteiger partial charge < -0.3 is 15.1 Å². The summed E-state index contributed by atoms with van der Waals surface area (Å²) in [5.74, 6) is -0.292. The molecule has 132 valence electrons. The lowest BCUT2D eigenvalue weighted by molar-refractivity contribution is -0.124. The van der Waals surface area contributed by atoms with Gasteiger partial charge in [-0.15, -0.1) is 0 Å². The zero-order valence-electron chi connectivity index (χ0n) is 14.9.